The van der Waals surface area contributed by atoms with Crippen molar-refractivity contribution in [3.8, 4) is 5.75 Å². The summed E-state index contributed by atoms with van der Waals surface area (Å²) in [5.74, 6) is -2.82. The number of imide groups is 1. The second-order valence-corrected chi connectivity index (χ2v) is 6.26. The van der Waals surface area contributed by atoms with E-state index in [0.717, 1.165) is 17.0 Å². The molecule has 0 radical (unpaired) electrons. The monoisotopic (exact) mass is 356 g/mol. The Kier molecular flexibility index (Phi) is 3.77. The number of halogens is 2. The van der Waals surface area contributed by atoms with E-state index < -0.39 is 40.0 Å². The third-order valence-electron chi connectivity index (χ3n) is 4.05. The zero-order valence-corrected chi connectivity index (χ0v) is 13.0. The van der Waals surface area contributed by atoms with E-state index in [-0.39, 0.29) is 17.1 Å². The molecule has 23 heavy (non-hydrogen) atoms. The molecule has 0 aromatic heterocycles. The highest BCUT2D eigenvalue weighted by atomic mass is 35.5. The van der Waals surface area contributed by atoms with Gasteiger partial charge in [-0.25, -0.2) is 4.90 Å². The number of aromatic hydroxyl groups is 1. The molecule has 1 aliphatic carbocycles. The lowest BCUT2D eigenvalue weighted by Crippen LogP contribution is -2.31. The molecule has 3 rings (SSSR count). The Balaban J connectivity index is 2.08. The summed E-state index contributed by atoms with van der Waals surface area (Å²) in [5, 5.41) is 21.2. The zero-order valence-electron chi connectivity index (χ0n) is 11.5. The number of benzene rings is 1. The van der Waals surface area contributed by atoms with Crippen molar-refractivity contribution in [2.24, 2.45) is 11.8 Å². The lowest BCUT2D eigenvalue weighted by molar-refractivity contribution is -0.384. The Morgan fingerprint density at radius 3 is 2.52 bits per heavy atom. The fraction of sp³-hybridized carbons (Fsp3) is 0.286. The second-order valence-electron chi connectivity index (χ2n) is 5.37. The molecule has 2 amide bonds. The molecule has 1 saturated heterocycles. The average molecular weight is 357 g/mol. The van der Waals surface area contributed by atoms with Gasteiger partial charge in [0, 0.05) is 17.2 Å². The molecule has 1 N–H and O–H groups in total. The predicted molar refractivity (Wildman–Crippen MR) is 82.4 cm³/mol. The topological polar surface area (TPSA) is 101 Å². The van der Waals surface area contributed by atoms with Crippen LogP contribution in [-0.2, 0) is 9.59 Å². The molecule has 1 heterocycles. The maximum atomic E-state index is 12.5. The van der Waals surface area contributed by atoms with Gasteiger partial charge in [-0.15, -0.1) is 0 Å². The fourth-order valence-electron chi connectivity index (χ4n) is 2.91. The molecule has 1 aliphatic heterocycles. The number of rotatable bonds is 2. The van der Waals surface area contributed by atoms with Crippen molar-refractivity contribution >= 4 is 46.4 Å². The van der Waals surface area contributed by atoms with Crippen molar-refractivity contribution in [1.29, 1.82) is 0 Å². The fourth-order valence-corrected chi connectivity index (χ4v) is 3.38. The van der Waals surface area contributed by atoms with Gasteiger partial charge in [0.25, 0.3) is 5.69 Å². The van der Waals surface area contributed by atoms with Crippen LogP contribution in [0.15, 0.2) is 23.2 Å². The number of nitrogens with zero attached hydrogens (tertiary/aromatic N) is 2. The minimum Gasteiger partial charge on any atom is -0.504 e. The van der Waals surface area contributed by atoms with Crippen LogP contribution in [0.5, 0.6) is 5.75 Å². The van der Waals surface area contributed by atoms with Gasteiger partial charge >= 0.3 is 0 Å². The first-order valence-electron chi connectivity index (χ1n) is 6.70. The van der Waals surface area contributed by atoms with Gasteiger partial charge in [0.05, 0.1) is 21.8 Å². The molecule has 7 nitrogen and oxygen atoms in total. The molecule has 1 aromatic carbocycles. The van der Waals surface area contributed by atoms with Crippen molar-refractivity contribution in [1.82, 2.24) is 0 Å². The molecule has 1 fully saturated rings. The maximum absolute atomic E-state index is 12.5. The van der Waals surface area contributed by atoms with Crippen molar-refractivity contribution in [2.45, 2.75) is 12.8 Å². The van der Waals surface area contributed by atoms with Gasteiger partial charge in [-0.05, 0) is 12.8 Å². The quantitative estimate of drug-likeness (QED) is 0.498. The molecule has 0 saturated carbocycles. The molecular weight excluding hydrogens is 347 g/mol. The summed E-state index contributed by atoms with van der Waals surface area (Å²) in [7, 11) is 0. The number of nitro groups is 1. The second kappa shape index (κ2) is 5.50. The normalized spacial score (nSPS) is 23.7. The van der Waals surface area contributed by atoms with Crippen molar-refractivity contribution < 1.29 is 19.6 Å². The molecule has 9 heteroatoms. The minimum absolute atomic E-state index is 0.233. The number of hydrogen-bond acceptors (Lipinski definition) is 5. The number of carbonyl (C=O) groups excluding carboxylic acids is 2. The average Bonchev–Trinajstić information content (AvgIpc) is 2.73. The Bertz CT molecular complexity index is 777. The number of anilines is 1. The van der Waals surface area contributed by atoms with Gasteiger partial charge < -0.3 is 5.11 Å². The first-order chi connectivity index (χ1) is 10.8. The number of allylic oxidation sites excluding steroid dienone is 2. The number of phenolic OH excluding ortho intramolecular Hbond substituents is 1. The Morgan fingerprint density at radius 2 is 1.87 bits per heavy atom. The molecule has 0 spiro atoms. The van der Waals surface area contributed by atoms with E-state index in [1.54, 1.807) is 6.08 Å². The zero-order chi connectivity index (χ0) is 16.9. The molecule has 120 valence electrons. The largest absolute Gasteiger partial charge is 0.504 e. The highest BCUT2D eigenvalue weighted by Crippen LogP contribution is 2.45. The van der Waals surface area contributed by atoms with Crippen LogP contribution in [0.3, 0.4) is 0 Å². The first kappa shape index (κ1) is 15.8. The number of amides is 2. The Morgan fingerprint density at radius 1 is 1.22 bits per heavy atom. The predicted octanol–water partition coefficient (Wildman–Crippen LogP) is 2.98. The van der Waals surface area contributed by atoms with Crippen LogP contribution in [0.1, 0.15) is 12.8 Å². The van der Waals surface area contributed by atoms with Gasteiger partial charge in [0.1, 0.15) is 5.69 Å². The molecular formula is C14H10Cl2N2O5. The summed E-state index contributed by atoms with van der Waals surface area (Å²) >= 11 is 11.7. The van der Waals surface area contributed by atoms with Crippen LogP contribution >= 0.6 is 23.2 Å². The summed E-state index contributed by atoms with van der Waals surface area (Å²) in [5.41, 5.74) is -0.695. The number of fused-ring (bicyclic) bond motifs is 1. The highest BCUT2D eigenvalue weighted by Gasteiger charge is 2.50. The third kappa shape index (κ3) is 2.46. The standard InChI is InChI=1S/C14H10Cl2N2O5/c15-6-1-2-8-9(3-6)14(21)17(13(8)20)11-5-7(18(22)23)4-10(16)12(11)19/h1,4-5,8-9,19H,2-3H2. The number of hydrogen-bond donors (Lipinski definition) is 1. The maximum Gasteiger partial charge on any atom is 0.273 e. The molecule has 1 aromatic rings. The lowest BCUT2D eigenvalue weighted by Gasteiger charge is -2.17. The number of non-ortho nitro benzene ring substituents is 1. The van der Waals surface area contributed by atoms with Crippen molar-refractivity contribution in [3.05, 3.63) is 38.4 Å². The summed E-state index contributed by atoms with van der Waals surface area (Å²) in [6, 6.07) is 1.92. The molecule has 0 bridgehead atoms. The molecule has 2 unspecified atom stereocenters. The number of phenols is 1. The van der Waals surface area contributed by atoms with E-state index in [2.05, 4.69) is 0 Å². The smallest absolute Gasteiger partial charge is 0.273 e. The molecule has 2 aliphatic rings. The summed E-state index contributed by atoms with van der Waals surface area (Å²) in [6.07, 6.45) is 2.22. The Labute approximate surface area is 140 Å². The van der Waals surface area contributed by atoms with Crippen LogP contribution < -0.4 is 4.90 Å². The van der Waals surface area contributed by atoms with E-state index in [9.17, 15) is 24.8 Å². The van der Waals surface area contributed by atoms with Gasteiger partial charge in [0.15, 0.2) is 5.75 Å². The van der Waals surface area contributed by atoms with Crippen LogP contribution in [0.2, 0.25) is 5.02 Å². The van der Waals surface area contributed by atoms with E-state index in [1.807, 2.05) is 0 Å². The van der Waals surface area contributed by atoms with Gasteiger partial charge in [-0.1, -0.05) is 29.3 Å². The summed E-state index contributed by atoms with van der Waals surface area (Å²) < 4.78 is 0. The van der Waals surface area contributed by atoms with Crippen LogP contribution in [0.4, 0.5) is 11.4 Å². The number of nitro benzene ring substituents is 1. The summed E-state index contributed by atoms with van der Waals surface area (Å²) in [4.78, 5) is 36.0. The van der Waals surface area contributed by atoms with E-state index in [0.29, 0.717) is 11.5 Å². The van der Waals surface area contributed by atoms with Gasteiger partial charge in [-0.2, -0.15) is 0 Å². The van der Waals surface area contributed by atoms with Gasteiger partial charge in [-0.3, -0.25) is 19.7 Å². The lowest BCUT2D eigenvalue weighted by atomic mass is 9.85. The van der Waals surface area contributed by atoms with E-state index in [1.165, 1.54) is 0 Å². The van der Waals surface area contributed by atoms with Crippen LogP contribution in [0, 0.1) is 22.0 Å². The number of carbonyl (C=O) groups is 2. The summed E-state index contributed by atoms with van der Waals surface area (Å²) in [6.45, 7) is 0. The van der Waals surface area contributed by atoms with Crippen molar-refractivity contribution in [2.75, 3.05) is 4.90 Å². The van der Waals surface area contributed by atoms with Crippen LogP contribution in [-0.4, -0.2) is 21.8 Å². The third-order valence-corrected chi connectivity index (χ3v) is 4.65. The first-order valence-corrected chi connectivity index (χ1v) is 7.46. The SMILES string of the molecule is O=C1C2CC=C(Cl)CC2C(=O)N1c1cc([N+](=O)[O-])cc(Cl)c1O. The van der Waals surface area contributed by atoms with E-state index >= 15 is 0 Å². The van der Waals surface area contributed by atoms with Crippen molar-refractivity contribution in [3.63, 3.8) is 0 Å². The molecule has 2 atom stereocenters. The van der Waals surface area contributed by atoms with Gasteiger partial charge in [0.2, 0.25) is 11.8 Å². The van der Waals surface area contributed by atoms with E-state index in [4.69, 9.17) is 23.2 Å². The van der Waals surface area contributed by atoms with Crippen LogP contribution in [0.25, 0.3) is 0 Å². The minimum atomic E-state index is -0.717. The Hall–Kier alpha value is -2.12. The highest BCUT2D eigenvalue weighted by molar-refractivity contribution is 6.34.